The van der Waals surface area contributed by atoms with Gasteiger partial charge in [0.25, 0.3) is 5.56 Å². The van der Waals surface area contributed by atoms with Crippen molar-refractivity contribution >= 4 is 11.9 Å². The van der Waals surface area contributed by atoms with Crippen LogP contribution in [-0.4, -0.2) is 61.9 Å². The highest BCUT2D eigenvalue weighted by Crippen LogP contribution is 2.34. The molecule has 0 aliphatic carbocycles. The number of H-pyrrole nitrogens is 1. The monoisotopic (exact) mass is 458 g/mol. The maximum Gasteiger partial charge on any atom is 0.255 e. The number of nitrogens with zero attached hydrogens (tertiary/aromatic N) is 2. The van der Waals surface area contributed by atoms with Crippen LogP contribution in [0.3, 0.4) is 0 Å². The van der Waals surface area contributed by atoms with Crippen LogP contribution in [0, 0.1) is 12.7 Å². The molecule has 0 bridgehead atoms. The van der Waals surface area contributed by atoms with E-state index in [0.29, 0.717) is 82.5 Å². The van der Waals surface area contributed by atoms with E-state index >= 15 is 0 Å². The molecule has 3 heterocycles. The minimum Gasteiger partial charge on any atom is -0.381 e. The molecule has 4 rings (SSSR count). The molecule has 9 heteroatoms. The lowest BCUT2D eigenvalue weighted by Gasteiger charge is -2.38. The molecule has 1 amide bonds. The summed E-state index contributed by atoms with van der Waals surface area (Å²) in [5.41, 5.74) is 1.46. The number of morpholine rings is 1. The quantitative estimate of drug-likeness (QED) is 0.658. The van der Waals surface area contributed by atoms with Gasteiger partial charge >= 0.3 is 0 Å². The highest BCUT2D eigenvalue weighted by Gasteiger charge is 2.35. The van der Waals surface area contributed by atoms with E-state index in [2.05, 4.69) is 15.3 Å². The highest BCUT2D eigenvalue weighted by molar-refractivity contribution is 5.76. The van der Waals surface area contributed by atoms with Crippen molar-refractivity contribution in [2.24, 2.45) is 0 Å². The van der Waals surface area contributed by atoms with Gasteiger partial charge in [-0.1, -0.05) is 12.1 Å². The van der Waals surface area contributed by atoms with Crippen LogP contribution in [0.1, 0.15) is 36.1 Å². The number of anilines is 1. The summed E-state index contributed by atoms with van der Waals surface area (Å²) < 4.78 is 24.7. The first kappa shape index (κ1) is 23.4. The number of aromatic nitrogens is 2. The molecule has 178 valence electrons. The Morgan fingerprint density at radius 3 is 2.64 bits per heavy atom. The predicted octanol–water partition coefficient (Wildman–Crippen LogP) is 1.85. The van der Waals surface area contributed by atoms with Crippen LogP contribution >= 0.6 is 0 Å². The second-order valence-electron chi connectivity index (χ2n) is 8.73. The minimum absolute atomic E-state index is 0.145. The summed E-state index contributed by atoms with van der Waals surface area (Å²) in [6, 6.07) is 6.58. The molecular formula is C24H31FN4O4. The molecule has 2 aliphatic heterocycles. The summed E-state index contributed by atoms with van der Waals surface area (Å²) in [7, 11) is 0. The SMILES string of the molecule is Cc1nc(N2CCOCC2)[nH]c(=O)c1CCC(=O)NCC1(c2cccc(F)c2)CCOCC1. The maximum atomic E-state index is 13.9. The van der Waals surface area contributed by atoms with Crippen LogP contribution in [0.25, 0.3) is 0 Å². The van der Waals surface area contributed by atoms with E-state index in [1.54, 1.807) is 19.1 Å². The van der Waals surface area contributed by atoms with E-state index in [-0.39, 0.29) is 29.1 Å². The first-order valence-corrected chi connectivity index (χ1v) is 11.5. The van der Waals surface area contributed by atoms with Crippen LogP contribution in [0.4, 0.5) is 10.3 Å². The van der Waals surface area contributed by atoms with Crippen LogP contribution in [0.5, 0.6) is 0 Å². The number of rotatable bonds is 7. The van der Waals surface area contributed by atoms with Crippen LogP contribution in [-0.2, 0) is 26.1 Å². The molecule has 2 saturated heterocycles. The largest absolute Gasteiger partial charge is 0.381 e. The van der Waals surface area contributed by atoms with Crippen molar-refractivity contribution in [3.63, 3.8) is 0 Å². The third-order valence-corrected chi connectivity index (χ3v) is 6.63. The highest BCUT2D eigenvalue weighted by atomic mass is 19.1. The van der Waals surface area contributed by atoms with Crippen molar-refractivity contribution in [3.05, 3.63) is 57.3 Å². The summed E-state index contributed by atoms with van der Waals surface area (Å²) >= 11 is 0. The fourth-order valence-corrected chi connectivity index (χ4v) is 4.56. The summed E-state index contributed by atoms with van der Waals surface area (Å²) in [6.45, 7) is 5.92. The first-order valence-electron chi connectivity index (χ1n) is 11.5. The van der Waals surface area contributed by atoms with Crippen molar-refractivity contribution in [2.75, 3.05) is 51.0 Å². The van der Waals surface area contributed by atoms with E-state index in [1.165, 1.54) is 6.07 Å². The molecule has 2 aromatic rings. The maximum absolute atomic E-state index is 13.9. The van der Waals surface area contributed by atoms with Crippen molar-refractivity contribution < 1.29 is 18.7 Å². The molecule has 1 aromatic carbocycles. The number of benzene rings is 1. The number of carbonyl (C=O) groups is 1. The number of aryl methyl sites for hydroxylation is 1. The van der Waals surface area contributed by atoms with Crippen molar-refractivity contribution in [2.45, 2.75) is 38.0 Å². The van der Waals surface area contributed by atoms with Gasteiger partial charge in [0.2, 0.25) is 11.9 Å². The first-order chi connectivity index (χ1) is 16.0. The average molecular weight is 459 g/mol. The van der Waals surface area contributed by atoms with Crippen molar-refractivity contribution in [1.82, 2.24) is 15.3 Å². The Hall–Kier alpha value is -2.78. The van der Waals surface area contributed by atoms with E-state index < -0.39 is 0 Å². The smallest absolute Gasteiger partial charge is 0.255 e. The summed E-state index contributed by atoms with van der Waals surface area (Å²) in [5.74, 6) is 0.117. The van der Waals surface area contributed by atoms with Crippen LogP contribution < -0.4 is 15.8 Å². The van der Waals surface area contributed by atoms with Gasteiger partial charge in [-0.15, -0.1) is 0 Å². The van der Waals surface area contributed by atoms with Gasteiger partial charge in [-0.3, -0.25) is 14.6 Å². The molecule has 0 radical (unpaired) electrons. The molecule has 33 heavy (non-hydrogen) atoms. The standard InChI is InChI=1S/C24H31FN4O4/c1-17-20(22(31)28-23(27-17)29-9-13-33-14-10-29)5-6-21(30)26-16-24(7-11-32-12-8-24)18-3-2-4-19(25)15-18/h2-4,15H,5-14,16H2,1H3,(H,26,30)(H,27,28,31). The minimum atomic E-state index is -0.356. The zero-order chi connectivity index (χ0) is 23.3. The van der Waals surface area contributed by atoms with Crippen molar-refractivity contribution in [3.8, 4) is 0 Å². The van der Waals surface area contributed by atoms with E-state index in [1.807, 2.05) is 11.0 Å². The molecule has 1 aromatic heterocycles. The lowest BCUT2D eigenvalue weighted by Crippen LogP contribution is -2.44. The molecule has 0 unspecified atom stereocenters. The third kappa shape index (κ3) is 5.59. The molecule has 2 fully saturated rings. The number of amides is 1. The van der Waals surface area contributed by atoms with Gasteiger partial charge in [-0.2, -0.15) is 0 Å². The lowest BCUT2D eigenvalue weighted by molar-refractivity contribution is -0.121. The average Bonchev–Trinajstić information content (AvgIpc) is 2.83. The van der Waals surface area contributed by atoms with Gasteiger partial charge < -0.3 is 19.7 Å². The van der Waals surface area contributed by atoms with E-state index in [0.717, 1.165) is 5.56 Å². The van der Waals surface area contributed by atoms with Crippen LogP contribution in [0.15, 0.2) is 29.1 Å². The van der Waals surface area contributed by atoms with Crippen LogP contribution in [0.2, 0.25) is 0 Å². The molecule has 2 N–H and O–H groups in total. The van der Waals surface area contributed by atoms with Gasteiger partial charge in [0.05, 0.1) is 13.2 Å². The topological polar surface area (TPSA) is 96.6 Å². The normalized spacial score (nSPS) is 18.2. The second-order valence-corrected chi connectivity index (χ2v) is 8.73. The second kappa shape index (κ2) is 10.4. The molecule has 0 spiro atoms. The Morgan fingerprint density at radius 1 is 1.21 bits per heavy atom. The molecule has 0 saturated carbocycles. The Bertz CT molecular complexity index is 1030. The Morgan fingerprint density at radius 2 is 1.94 bits per heavy atom. The van der Waals surface area contributed by atoms with Gasteiger partial charge in [-0.25, -0.2) is 9.37 Å². The number of halogens is 1. The van der Waals surface area contributed by atoms with E-state index in [9.17, 15) is 14.0 Å². The number of hydrogen-bond donors (Lipinski definition) is 2. The third-order valence-electron chi connectivity index (χ3n) is 6.63. The summed E-state index contributed by atoms with van der Waals surface area (Å²) in [4.78, 5) is 34.7. The van der Waals surface area contributed by atoms with Gasteiger partial charge in [0.15, 0.2) is 0 Å². The molecular weight excluding hydrogens is 427 g/mol. The van der Waals surface area contributed by atoms with Gasteiger partial charge in [0, 0.05) is 55.9 Å². The Balaban J connectivity index is 1.38. The van der Waals surface area contributed by atoms with E-state index in [4.69, 9.17) is 9.47 Å². The lowest BCUT2D eigenvalue weighted by atomic mass is 9.74. The fourth-order valence-electron chi connectivity index (χ4n) is 4.56. The van der Waals surface area contributed by atoms with Gasteiger partial charge in [0.1, 0.15) is 5.82 Å². The number of nitrogens with one attached hydrogen (secondary N) is 2. The Labute approximate surface area is 192 Å². The molecule has 8 nitrogen and oxygen atoms in total. The molecule has 0 atom stereocenters. The number of ether oxygens (including phenoxy) is 2. The zero-order valence-electron chi connectivity index (χ0n) is 19.0. The zero-order valence-corrected chi connectivity index (χ0v) is 19.0. The number of hydrogen-bond acceptors (Lipinski definition) is 6. The predicted molar refractivity (Wildman–Crippen MR) is 122 cm³/mol. The number of carbonyl (C=O) groups excluding carboxylic acids is 1. The van der Waals surface area contributed by atoms with Gasteiger partial charge in [-0.05, 0) is 43.9 Å². The Kier molecular flexibility index (Phi) is 7.39. The summed E-state index contributed by atoms with van der Waals surface area (Å²) in [5, 5.41) is 3.01. The van der Waals surface area contributed by atoms with Crippen molar-refractivity contribution in [1.29, 1.82) is 0 Å². The molecule has 2 aliphatic rings. The number of aromatic amines is 1. The summed E-state index contributed by atoms with van der Waals surface area (Å²) in [6.07, 6.45) is 1.91. The fraction of sp³-hybridized carbons (Fsp3) is 0.542.